The molecule has 0 radical (unpaired) electrons. The molecule has 0 aromatic heterocycles. The lowest BCUT2D eigenvalue weighted by atomic mass is 9.99. The van der Waals surface area contributed by atoms with Crippen LogP contribution in [0.2, 0.25) is 0 Å². The maximum Gasteiger partial charge on any atom is 0.409 e. The number of alkyl carbamates (subject to hydrolysis) is 1. The zero-order chi connectivity index (χ0) is 13.8. The highest BCUT2D eigenvalue weighted by molar-refractivity contribution is 5.72. The lowest BCUT2D eigenvalue weighted by Crippen LogP contribution is -2.45. The number of carbonyl (C=O) groups is 2. The van der Waals surface area contributed by atoms with Crippen molar-refractivity contribution in [1.82, 2.24) is 5.32 Å². The second-order valence-corrected chi connectivity index (χ2v) is 5.25. The minimum atomic E-state index is -0.555. The average molecular weight is 259 g/mol. The van der Waals surface area contributed by atoms with Crippen LogP contribution < -0.4 is 5.32 Å². The van der Waals surface area contributed by atoms with Gasteiger partial charge in [0.25, 0.3) is 0 Å². The fourth-order valence-corrected chi connectivity index (χ4v) is 1.72. The van der Waals surface area contributed by atoms with Crippen LogP contribution in [0.1, 0.15) is 33.6 Å². The maximum absolute atomic E-state index is 11.5. The Morgan fingerprint density at radius 1 is 1.33 bits per heavy atom. The molecular weight excluding hydrogens is 238 g/mol. The number of hydrogen-bond donors (Lipinski definition) is 1. The zero-order valence-electron chi connectivity index (χ0n) is 11.3. The largest absolute Gasteiger partial charge is 0.469 e. The predicted molar refractivity (Wildman–Crippen MR) is 63.8 cm³/mol. The minimum absolute atomic E-state index is 0.233. The van der Waals surface area contributed by atoms with Gasteiger partial charge in [-0.15, -0.1) is 0 Å². The Balaban J connectivity index is 2.43. The van der Waals surface area contributed by atoms with Crippen LogP contribution in [0.15, 0.2) is 0 Å². The fraction of sp³-hybridized carbons (Fsp3) is 0.833. The molecule has 6 heteroatoms. The summed E-state index contributed by atoms with van der Waals surface area (Å²) in [5.74, 6) is -0.502. The van der Waals surface area contributed by atoms with Crippen molar-refractivity contribution in [1.29, 1.82) is 0 Å². The van der Waals surface area contributed by atoms with E-state index < -0.39 is 17.9 Å². The molecule has 1 aliphatic rings. The quantitative estimate of drug-likeness (QED) is 0.759. The highest BCUT2D eigenvalue weighted by Gasteiger charge is 2.30. The first-order chi connectivity index (χ1) is 8.31. The Morgan fingerprint density at radius 2 is 2.00 bits per heavy atom. The zero-order valence-corrected chi connectivity index (χ0v) is 11.3. The summed E-state index contributed by atoms with van der Waals surface area (Å²) < 4.78 is 15.2. The van der Waals surface area contributed by atoms with Crippen molar-refractivity contribution in [2.45, 2.75) is 45.4 Å². The molecule has 1 fully saturated rings. The summed E-state index contributed by atoms with van der Waals surface area (Å²) in [6, 6.07) is 0. The second kappa shape index (κ2) is 6.04. The van der Waals surface area contributed by atoms with E-state index in [-0.39, 0.29) is 11.9 Å². The molecule has 0 bridgehead atoms. The Kier molecular flexibility index (Phi) is 4.95. The third kappa shape index (κ3) is 4.91. The van der Waals surface area contributed by atoms with Gasteiger partial charge in [-0.1, -0.05) is 0 Å². The number of nitrogens with one attached hydrogen (secondary N) is 1. The van der Waals surface area contributed by atoms with Crippen LogP contribution in [0, 0.1) is 5.92 Å². The molecule has 1 N–H and O–H groups in total. The monoisotopic (exact) mass is 259 g/mol. The van der Waals surface area contributed by atoms with E-state index in [1.165, 1.54) is 7.11 Å². The summed E-state index contributed by atoms with van der Waals surface area (Å²) in [7, 11) is 1.36. The molecule has 6 nitrogen and oxygen atoms in total. The molecule has 1 aliphatic heterocycles. The molecule has 1 saturated heterocycles. The Hall–Kier alpha value is -1.30. The van der Waals surface area contributed by atoms with Gasteiger partial charge in [-0.3, -0.25) is 10.1 Å². The van der Waals surface area contributed by atoms with Crippen LogP contribution in [0.3, 0.4) is 0 Å². The van der Waals surface area contributed by atoms with E-state index in [9.17, 15) is 9.59 Å². The first kappa shape index (κ1) is 14.8. The number of esters is 1. The molecule has 0 aliphatic carbocycles. The summed E-state index contributed by atoms with van der Waals surface area (Å²) in [4.78, 5) is 22.9. The highest BCUT2D eigenvalue weighted by atomic mass is 16.6. The van der Waals surface area contributed by atoms with E-state index in [0.717, 1.165) is 0 Å². The normalized spacial score (nSPS) is 24.2. The van der Waals surface area contributed by atoms with Gasteiger partial charge in [0, 0.05) is 13.0 Å². The van der Waals surface area contributed by atoms with Crippen LogP contribution in [-0.4, -0.2) is 37.6 Å². The van der Waals surface area contributed by atoms with Gasteiger partial charge in [-0.05, 0) is 27.2 Å². The number of ether oxygens (including phenoxy) is 3. The molecular formula is C12H21NO5. The van der Waals surface area contributed by atoms with Crippen molar-refractivity contribution >= 4 is 12.1 Å². The molecule has 2 unspecified atom stereocenters. The highest BCUT2D eigenvalue weighted by Crippen LogP contribution is 2.20. The van der Waals surface area contributed by atoms with Gasteiger partial charge in [0.15, 0.2) is 0 Å². The standard InChI is InChI=1S/C12H21NO5/c1-12(2,3)18-11(15)13-9-7-8(5-6-17-9)10(14)16-4/h8-9H,5-7H2,1-4H3,(H,13,15). The third-order valence-electron chi connectivity index (χ3n) is 2.50. The molecule has 2 atom stereocenters. The Labute approximate surface area is 107 Å². The maximum atomic E-state index is 11.5. The number of rotatable bonds is 2. The van der Waals surface area contributed by atoms with Crippen LogP contribution in [0.5, 0.6) is 0 Å². The summed E-state index contributed by atoms with van der Waals surface area (Å²) >= 11 is 0. The van der Waals surface area contributed by atoms with E-state index in [2.05, 4.69) is 10.1 Å². The predicted octanol–water partition coefficient (Wildman–Crippen LogP) is 1.44. The summed E-state index contributed by atoms with van der Waals surface area (Å²) in [5, 5.41) is 2.59. The van der Waals surface area contributed by atoms with Crippen LogP contribution in [0.25, 0.3) is 0 Å². The minimum Gasteiger partial charge on any atom is -0.469 e. The van der Waals surface area contributed by atoms with Crippen molar-refractivity contribution < 1.29 is 23.8 Å². The van der Waals surface area contributed by atoms with Crippen LogP contribution in [-0.2, 0) is 19.0 Å². The molecule has 0 aromatic rings. The second-order valence-electron chi connectivity index (χ2n) is 5.25. The van der Waals surface area contributed by atoms with Crippen LogP contribution in [0.4, 0.5) is 4.79 Å². The Morgan fingerprint density at radius 3 is 2.56 bits per heavy atom. The average Bonchev–Trinajstić information content (AvgIpc) is 2.25. The van der Waals surface area contributed by atoms with E-state index >= 15 is 0 Å². The van der Waals surface area contributed by atoms with Crippen molar-refractivity contribution in [3.05, 3.63) is 0 Å². The van der Waals surface area contributed by atoms with Crippen molar-refractivity contribution in [2.24, 2.45) is 5.92 Å². The molecule has 104 valence electrons. The fourth-order valence-electron chi connectivity index (χ4n) is 1.72. The molecule has 0 aromatic carbocycles. The van der Waals surface area contributed by atoms with Gasteiger partial charge in [0.1, 0.15) is 11.8 Å². The summed E-state index contributed by atoms with van der Waals surface area (Å²) in [6.07, 6.45) is -0.0267. The molecule has 1 rings (SSSR count). The van der Waals surface area contributed by atoms with Gasteiger partial charge in [-0.2, -0.15) is 0 Å². The Bertz CT molecular complexity index is 310. The van der Waals surface area contributed by atoms with E-state index in [0.29, 0.717) is 19.4 Å². The molecule has 1 heterocycles. The molecule has 0 spiro atoms. The van der Waals surface area contributed by atoms with Gasteiger partial charge < -0.3 is 14.2 Å². The SMILES string of the molecule is COC(=O)C1CCOC(NC(=O)OC(C)(C)C)C1. The smallest absolute Gasteiger partial charge is 0.409 e. The van der Waals surface area contributed by atoms with Crippen molar-refractivity contribution in [3.8, 4) is 0 Å². The first-order valence-corrected chi connectivity index (χ1v) is 6.01. The third-order valence-corrected chi connectivity index (χ3v) is 2.50. The van der Waals surface area contributed by atoms with Gasteiger partial charge >= 0.3 is 12.1 Å². The van der Waals surface area contributed by atoms with Crippen molar-refractivity contribution in [3.63, 3.8) is 0 Å². The lowest BCUT2D eigenvalue weighted by molar-refractivity contribution is -0.151. The van der Waals surface area contributed by atoms with Gasteiger partial charge in [0.2, 0.25) is 0 Å². The molecule has 0 saturated carbocycles. The number of hydrogen-bond acceptors (Lipinski definition) is 5. The summed E-state index contributed by atoms with van der Waals surface area (Å²) in [6.45, 7) is 5.77. The van der Waals surface area contributed by atoms with E-state index in [1.54, 1.807) is 20.8 Å². The number of methoxy groups -OCH3 is 1. The van der Waals surface area contributed by atoms with Crippen molar-refractivity contribution in [2.75, 3.05) is 13.7 Å². The number of amides is 1. The topological polar surface area (TPSA) is 73.9 Å². The van der Waals surface area contributed by atoms with Gasteiger partial charge in [0.05, 0.1) is 13.0 Å². The van der Waals surface area contributed by atoms with Crippen LogP contribution >= 0.6 is 0 Å². The first-order valence-electron chi connectivity index (χ1n) is 6.01. The van der Waals surface area contributed by atoms with E-state index in [1.807, 2.05) is 0 Å². The van der Waals surface area contributed by atoms with Gasteiger partial charge in [-0.25, -0.2) is 4.79 Å². The summed E-state index contributed by atoms with van der Waals surface area (Å²) in [5.41, 5.74) is -0.555. The van der Waals surface area contributed by atoms with E-state index in [4.69, 9.17) is 9.47 Å². The molecule has 18 heavy (non-hydrogen) atoms. The molecule has 1 amide bonds. The number of carbonyl (C=O) groups excluding carboxylic acids is 2. The lowest BCUT2D eigenvalue weighted by Gasteiger charge is -2.29.